The molecule has 0 aromatic carbocycles. The Bertz CT molecular complexity index is 345. The van der Waals surface area contributed by atoms with E-state index in [1.165, 1.54) is 7.11 Å². The fourth-order valence-corrected chi connectivity index (χ4v) is 1.30. The molecule has 0 bridgehead atoms. The molecule has 16 heavy (non-hydrogen) atoms. The average molecular weight is 226 g/mol. The van der Waals surface area contributed by atoms with E-state index >= 15 is 0 Å². The Kier molecular flexibility index (Phi) is 3.87. The van der Waals surface area contributed by atoms with Crippen molar-refractivity contribution in [2.24, 2.45) is 0 Å². The van der Waals surface area contributed by atoms with Crippen molar-refractivity contribution in [1.82, 2.24) is 14.8 Å². The second-order valence-electron chi connectivity index (χ2n) is 4.10. The Labute approximate surface area is 95.0 Å². The summed E-state index contributed by atoms with van der Waals surface area (Å²) in [6, 6.07) is 0.207. The van der Waals surface area contributed by atoms with Crippen molar-refractivity contribution in [2.75, 3.05) is 12.4 Å². The molecule has 0 aliphatic rings. The first-order valence-corrected chi connectivity index (χ1v) is 5.27. The minimum atomic E-state index is -0.559. The van der Waals surface area contributed by atoms with Crippen molar-refractivity contribution in [3.63, 3.8) is 0 Å². The van der Waals surface area contributed by atoms with Crippen LogP contribution in [-0.2, 0) is 4.74 Å². The minimum absolute atomic E-state index is 0.207. The van der Waals surface area contributed by atoms with Crippen molar-refractivity contribution < 1.29 is 9.53 Å². The monoisotopic (exact) mass is 226 g/mol. The summed E-state index contributed by atoms with van der Waals surface area (Å²) in [5.74, 6) is 1.38. The van der Waals surface area contributed by atoms with E-state index in [0.29, 0.717) is 0 Å². The van der Waals surface area contributed by atoms with Crippen molar-refractivity contribution in [2.45, 2.75) is 39.7 Å². The largest absolute Gasteiger partial charge is 0.453 e. The highest BCUT2D eigenvalue weighted by atomic mass is 16.5. The number of anilines is 1. The number of carbonyl (C=O) groups excluding carboxylic acids is 1. The van der Waals surface area contributed by atoms with Gasteiger partial charge in [0.2, 0.25) is 0 Å². The average Bonchev–Trinajstić information content (AvgIpc) is 2.61. The molecular weight excluding hydrogens is 208 g/mol. The smallest absolute Gasteiger partial charge is 0.413 e. The van der Waals surface area contributed by atoms with Crippen LogP contribution in [0.2, 0.25) is 0 Å². The van der Waals surface area contributed by atoms with Gasteiger partial charge in [-0.15, -0.1) is 5.10 Å². The minimum Gasteiger partial charge on any atom is -0.453 e. The number of amides is 1. The number of aromatic nitrogens is 3. The van der Waals surface area contributed by atoms with E-state index in [-0.39, 0.29) is 17.9 Å². The van der Waals surface area contributed by atoms with Crippen LogP contribution < -0.4 is 5.32 Å². The number of carbonyl (C=O) groups is 1. The summed E-state index contributed by atoms with van der Waals surface area (Å²) < 4.78 is 6.29. The van der Waals surface area contributed by atoms with Gasteiger partial charge in [-0.2, -0.15) is 4.98 Å². The van der Waals surface area contributed by atoms with Gasteiger partial charge in [-0.05, 0) is 13.8 Å². The molecule has 1 N–H and O–H groups in total. The molecule has 1 amide bonds. The SMILES string of the molecule is COC(=O)Nc1nc(C(C)C)n(C(C)C)n1. The molecule has 0 spiro atoms. The van der Waals surface area contributed by atoms with E-state index < -0.39 is 6.09 Å². The molecular formula is C10H18N4O2. The third-order valence-electron chi connectivity index (χ3n) is 2.06. The van der Waals surface area contributed by atoms with Gasteiger partial charge in [0.15, 0.2) is 0 Å². The van der Waals surface area contributed by atoms with Gasteiger partial charge in [0, 0.05) is 12.0 Å². The molecule has 0 aliphatic heterocycles. The quantitative estimate of drug-likeness (QED) is 0.857. The van der Waals surface area contributed by atoms with Gasteiger partial charge in [-0.3, -0.25) is 5.32 Å². The van der Waals surface area contributed by atoms with Crippen LogP contribution in [0.15, 0.2) is 0 Å². The summed E-state index contributed by atoms with van der Waals surface area (Å²) >= 11 is 0. The van der Waals surface area contributed by atoms with Crippen LogP contribution >= 0.6 is 0 Å². The number of hydrogen-bond donors (Lipinski definition) is 1. The third kappa shape index (κ3) is 2.71. The van der Waals surface area contributed by atoms with E-state index in [9.17, 15) is 4.79 Å². The lowest BCUT2D eigenvalue weighted by Gasteiger charge is -2.10. The van der Waals surface area contributed by atoms with Crippen LogP contribution in [0.4, 0.5) is 10.7 Å². The van der Waals surface area contributed by atoms with Crippen LogP contribution in [-0.4, -0.2) is 28.0 Å². The van der Waals surface area contributed by atoms with Gasteiger partial charge in [0.05, 0.1) is 7.11 Å². The number of nitrogens with one attached hydrogen (secondary N) is 1. The highest BCUT2D eigenvalue weighted by Crippen LogP contribution is 2.18. The Hall–Kier alpha value is -1.59. The van der Waals surface area contributed by atoms with Crippen LogP contribution in [0.5, 0.6) is 0 Å². The second kappa shape index (κ2) is 4.96. The second-order valence-corrected chi connectivity index (χ2v) is 4.10. The lowest BCUT2D eigenvalue weighted by atomic mass is 10.2. The maximum absolute atomic E-state index is 11.0. The number of rotatable bonds is 3. The van der Waals surface area contributed by atoms with Gasteiger partial charge in [0.25, 0.3) is 5.95 Å². The van der Waals surface area contributed by atoms with Crippen LogP contribution in [0.25, 0.3) is 0 Å². The van der Waals surface area contributed by atoms with Gasteiger partial charge in [-0.25, -0.2) is 9.48 Å². The molecule has 0 radical (unpaired) electrons. The van der Waals surface area contributed by atoms with Gasteiger partial charge in [0.1, 0.15) is 5.82 Å². The van der Waals surface area contributed by atoms with Gasteiger partial charge < -0.3 is 4.74 Å². The molecule has 0 aliphatic carbocycles. The first-order chi connectivity index (χ1) is 7.45. The zero-order valence-corrected chi connectivity index (χ0v) is 10.3. The van der Waals surface area contributed by atoms with Crippen LogP contribution in [0.3, 0.4) is 0 Å². The summed E-state index contributed by atoms with van der Waals surface area (Å²) in [6.07, 6.45) is -0.559. The first kappa shape index (κ1) is 12.5. The molecule has 1 aromatic heterocycles. The summed E-state index contributed by atoms with van der Waals surface area (Å²) in [5, 5.41) is 6.67. The van der Waals surface area contributed by atoms with Crippen LogP contribution in [0, 0.1) is 0 Å². The van der Waals surface area contributed by atoms with Crippen molar-refractivity contribution in [3.8, 4) is 0 Å². The Morgan fingerprint density at radius 1 is 1.38 bits per heavy atom. The van der Waals surface area contributed by atoms with Crippen molar-refractivity contribution >= 4 is 12.0 Å². The van der Waals surface area contributed by atoms with E-state index in [1.54, 1.807) is 4.68 Å². The highest BCUT2D eigenvalue weighted by molar-refractivity contribution is 5.81. The zero-order chi connectivity index (χ0) is 12.3. The topological polar surface area (TPSA) is 69.0 Å². The van der Waals surface area contributed by atoms with Crippen molar-refractivity contribution in [3.05, 3.63) is 5.82 Å². The molecule has 0 unspecified atom stereocenters. The van der Waals surface area contributed by atoms with E-state index in [4.69, 9.17) is 0 Å². The van der Waals surface area contributed by atoms with E-state index in [1.807, 2.05) is 27.7 Å². The highest BCUT2D eigenvalue weighted by Gasteiger charge is 2.16. The first-order valence-electron chi connectivity index (χ1n) is 5.27. The van der Waals surface area contributed by atoms with Crippen LogP contribution in [0.1, 0.15) is 45.5 Å². The normalized spacial score (nSPS) is 10.9. The fraction of sp³-hybridized carbons (Fsp3) is 0.700. The van der Waals surface area contributed by atoms with E-state index in [2.05, 4.69) is 20.1 Å². The molecule has 90 valence electrons. The number of hydrogen-bond acceptors (Lipinski definition) is 4. The Balaban J connectivity index is 2.97. The molecule has 6 heteroatoms. The molecule has 0 saturated carbocycles. The Morgan fingerprint density at radius 2 is 2.00 bits per heavy atom. The predicted octanol–water partition coefficient (Wildman–Crippen LogP) is 2.16. The molecule has 0 fully saturated rings. The van der Waals surface area contributed by atoms with Crippen molar-refractivity contribution in [1.29, 1.82) is 0 Å². The number of nitrogens with zero attached hydrogens (tertiary/aromatic N) is 3. The summed E-state index contributed by atoms with van der Waals surface area (Å²) in [5.41, 5.74) is 0. The fourth-order valence-electron chi connectivity index (χ4n) is 1.30. The lowest BCUT2D eigenvalue weighted by molar-refractivity contribution is 0.186. The standard InChI is InChI=1S/C10H18N4O2/c1-6(2)8-11-9(12-10(15)16-5)13-14(8)7(3)4/h6-7H,1-5H3,(H,12,13,15). The lowest BCUT2D eigenvalue weighted by Crippen LogP contribution is -2.12. The maximum atomic E-state index is 11.0. The molecule has 0 saturated heterocycles. The third-order valence-corrected chi connectivity index (χ3v) is 2.06. The summed E-state index contributed by atoms with van der Waals surface area (Å²) in [6.45, 7) is 8.10. The predicted molar refractivity (Wildman–Crippen MR) is 60.5 cm³/mol. The summed E-state index contributed by atoms with van der Waals surface area (Å²) in [7, 11) is 1.30. The molecule has 1 rings (SSSR count). The maximum Gasteiger partial charge on any atom is 0.413 e. The Morgan fingerprint density at radius 3 is 2.38 bits per heavy atom. The molecule has 0 atom stereocenters. The molecule has 1 heterocycles. The zero-order valence-electron chi connectivity index (χ0n) is 10.3. The number of methoxy groups -OCH3 is 1. The van der Waals surface area contributed by atoms with E-state index in [0.717, 1.165) is 5.82 Å². The van der Waals surface area contributed by atoms with Gasteiger partial charge >= 0.3 is 6.09 Å². The van der Waals surface area contributed by atoms with Gasteiger partial charge in [-0.1, -0.05) is 13.8 Å². The molecule has 6 nitrogen and oxygen atoms in total. The summed E-state index contributed by atoms with van der Waals surface area (Å²) in [4.78, 5) is 15.3. The molecule has 1 aromatic rings. The number of ether oxygens (including phenoxy) is 1.